The molecule has 1 rings (SSSR count). The molecule has 1 aromatic rings. The number of thiazole rings is 1. The van der Waals surface area contributed by atoms with Gasteiger partial charge in [0.05, 0.1) is 12.2 Å². The van der Waals surface area contributed by atoms with Crippen molar-refractivity contribution in [1.82, 2.24) is 15.6 Å². The maximum absolute atomic E-state index is 11.6. The molecule has 28 heavy (non-hydrogen) atoms. The Morgan fingerprint density at radius 2 is 1.89 bits per heavy atom. The highest BCUT2D eigenvalue weighted by Gasteiger charge is 2.15. The van der Waals surface area contributed by atoms with Gasteiger partial charge in [0, 0.05) is 25.4 Å². The molecule has 0 bridgehead atoms. The topological polar surface area (TPSA) is 75.6 Å². The Morgan fingerprint density at radius 3 is 2.46 bits per heavy atom. The lowest BCUT2D eigenvalue weighted by atomic mass is 10.1. The van der Waals surface area contributed by atoms with Crippen molar-refractivity contribution >= 4 is 47.2 Å². The third kappa shape index (κ3) is 12.5. The number of carbonyl (C=O) groups excluding carboxylic acids is 1. The van der Waals surface area contributed by atoms with Gasteiger partial charge in [-0.1, -0.05) is 26.7 Å². The number of nitrogens with zero attached hydrogens (tertiary/aromatic N) is 2. The summed E-state index contributed by atoms with van der Waals surface area (Å²) in [5.41, 5.74) is 0.755. The van der Waals surface area contributed by atoms with Crippen LogP contribution in [0.2, 0.25) is 0 Å². The summed E-state index contributed by atoms with van der Waals surface area (Å²) < 4.78 is 5.31. The second-order valence-electron chi connectivity index (χ2n) is 7.92. The Hall–Kier alpha value is -0.900. The van der Waals surface area contributed by atoms with Crippen molar-refractivity contribution in [1.29, 1.82) is 0 Å². The number of ether oxygens (including phenoxy) is 1. The quantitative estimate of drug-likeness (QED) is 0.151. The van der Waals surface area contributed by atoms with E-state index in [0.29, 0.717) is 18.9 Å². The lowest BCUT2D eigenvalue weighted by Crippen LogP contribution is -2.37. The molecular formula is C20H37IN4O2S. The summed E-state index contributed by atoms with van der Waals surface area (Å²) in [5, 5.41) is 9.82. The third-order valence-corrected chi connectivity index (χ3v) is 4.68. The fourth-order valence-corrected chi connectivity index (χ4v) is 3.29. The van der Waals surface area contributed by atoms with E-state index >= 15 is 0 Å². The first kappa shape index (κ1) is 27.1. The monoisotopic (exact) mass is 524 g/mol. The van der Waals surface area contributed by atoms with Gasteiger partial charge in [0.1, 0.15) is 10.6 Å². The van der Waals surface area contributed by atoms with E-state index in [4.69, 9.17) is 4.74 Å². The first-order valence-corrected chi connectivity index (χ1v) is 10.7. The van der Waals surface area contributed by atoms with Crippen LogP contribution in [0.4, 0.5) is 0 Å². The molecule has 0 saturated carbocycles. The average Bonchev–Trinajstić information content (AvgIpc) is 3.04. The van der Waals surface area contributed by atoms with E-state index in [9.17, 15) is 4.79 Å². The van der Waals surface area contributed by atoms with Gasteiger partial charge in [0.15, 0.2) is 5.96 Å². The highest BCUT2D eigenvalue weighted by atomic mass is 127. The van der Waals surface area contributed by atoms with Gasteiger partial charge < -0.3 is 15.4 Å². The molecule has 162 valence electrons. The van der Waals surface area contributed by atoms with Crippen LogP contribution in [0.25, 0.3) is 0 Å². The molecular weight excluding hydrogens is 487 g/mol. The zero-order valence-electron chi connectivity index (χ0n) is 18.1. The molecule has 0 aromatic carbocycles. The van der Waals surface area contributed by atoms with E-state index < -0.39 is 5.60 Å². The maximum atomic E-state index is 11.6. The van der Waals surface area contributed by atoms with Crippen molar-refractivity contribution in [3.8, 4) is 0 Å². The van der Waals surface area contributed by atoms with E-state index in [2.05, 4.69) is 39.8 Å². The van der Waals surface area contributed by atoms with Crippen molar-refractivity contribution in [2.45, 2.75) is 84.8 Å². The maximum Gasteiger partial charge on any atom is 0.306 e. The van der Waals surface area contributed by atoms with E-state index in [1.165, 1.54) is 0 Å². The Morgan fingerprint density at radius 1 is 1.21 bits per heavy atom. The fourth-order valence-electron chi connectivity index (χ4n) is 2.40. The van der Waals surface area contributed by atoms with Gasteiger partial charge in [0.25, 0.3) is 0 Å². The number of unbranched alkanes of at least 4 members (excludes halogenated alkanes) is 3. The molecule has 0 spiro atoms. The van der Waals surface area contributed by atoms with E-state index in [1.807, 2.05) is 20.8 Å². The summed E-state index contributed by atoms with van der Waals surface area (Å²) in [6.45, 7) is 11.5. The fraction of sp³-hybridized carbons (Fsp3) is 0.750. The number of carbonyl (C=O) groups is 1. The Kier molecular flexibility index (Phi) is 13.7. The summed E-state index contributed by atoms with van der Waals surface area (Å²) in [4.78, 5) is 20.5. The number of hydrogen-bond donors (Lipinski definition) is 2. The summed E-state index contributed by atoms with van der Waals surface area (Å²) in [7, 11) is 1.78. The van der Waals surface area contributed by atoms with Gasteiger partial charge in [-0.2, -0.15) is 0 Å². The number of nitrogens with one attached hydrogen (secondary N) is 2. The third-order valence-electron chi connectivity index (χ3n) is 3.81. The van der Waals surface area contributed by atoms with Crippen LogP contribution in [0.15, 0.2) is 10.4 Å². The molecule has 0 atom stereocenters. The smallest absolute Gasteiger partial charge is 0.306 e. The Balaban J connectivity index is 0.00000729. The van der Waals surface area contributed by atoms with Crippen LogP contribution >= 0.6 is 35.3 Å². The lowest BCUT2D eigenvalue weighted by molar-refractivity contribution is -0.154. The van der Waals surface area contributed by atoms with E-state index in [0.717, 1.165) is 48.9 Å². The standard InChI is InChI=1S/C20H36N4O2S.HI/c1-15(2)16-14-27-17(24-16)13-23-19(21-6)22-12-10-8-7-9-11-18(25)26-20(3,4)5;/h14-15H,7-13H2,1-6H3,(H2,21,22,23);1H. The average molecular weight is 525 g/mol. The van der Waals surface area contributed by atoms with Crippen molar-refractivity contribution in [3.63, 3.8) is 0 Å². The summed E-state index contributed by atoms with van der Waals surface area (Å²) >= 11 is 1.68. The molecule has 8 heteroatoms. The molecule has 0 amide bonds. The number of aromatic nitrogens is 1. The summed E-state index contributed by atoms with van der Waals surface area (Å²) in [6.07, 6.45) is 4.54. The van der Waals surface area contributed by atoms with Crippen molar-refractivity contribution in [2.75, 3.05) is 13.6 Å². The molecule has 1 heterocycles. The first-order chi connectivity index (χ1) is 12.7. The number of hydrogen-bond acceptors (Lipinski definition) is 5. The van der Waals surface area contributed by atoms with E-state index in [1.54, 1.807) is 18.4 Å². The largest absolute Gasteiger partial charge is 0.460 e. The molecule has 0 aliphatic carbocycles. The molecule has 0 aliphatic rings. The lowest BCUT2D eigenvalue weighted by Gasteiger charge is -2.19. The highest BCUT2D eigenvalue weighted by molar-refractivity contribution is 14.0. The van der Waals surface area contributed by atoms with Crippen molar-refractivity contribution in [2.24, 2.45) is 4.99 Å². The second kappa shape index (κ2) is 14.1. The minimum Gasteiger partial charge on any atom is -0.460 e. The normalized spacial score (nSPS) is 11.9. The minimum atomic E-state index is -0.390. The van der Waals surface area contributed by atoms with Crippen LogP contribution in [-0.2, 0) is 16.1 Å². The van der Waals surface area contributed by atoms with Gasteiger partial charge in [0.2, 0.25) is 0 Å². The first-order valence-electron chi connectivity index (χ1n) is 9.82. The predicted molar refractivity (Wildman–Crippen MR) is 129 cm³/mol. The van der Waals surface area contributed by atoms with Crippen molar-refractivity contribution < 1.29 is 9.53 Å². The number of rotatable bonds is 10. The van der Waals surface area contributed by atoms with Gasteiger partial charge in [-0.15, -0.1) is 35.3 Å². The molecule has 0 fully saturated rings. The minimum absolute atomic E-state index is 0. The van der Waals surface area contributed by atoms with Crippen molar-refractivity contribution in [3.05, 3.63) is 16.1 Å². The van der Waals surface area contributed by atoms with Crippen LogP contribution in [-0.4, -0.2) is 36.1 Å². The highest BCUT2D eigenvalue weighted by Crippen LogP contribution is 2.17. The number of esters is 1. The van der Waals surface area contributed by atoms with Gasteiger partial charge >= 0.3 is 5.97 Å². The number of guanidine groups is 1. The molecule has 0 saturated heterocycles. The van der Waals surface area contributed by atoms with Gasteiger partial charge in [-0.3, -0.25) is 9.79 Å². The summed E-state index contributed by atoms with van der Waals surface area (Å²) in [5.74, 6) is 1.15. The van der Waals surface area contributed by atoms with Gasteiger partial charge in [-0.05, 0) is 39.5 Å². The van der Waals surface area contributed by atoms with Crippen LogP contribution < -0.4 is 10.6 Å². The molecule has 2 N–H and O–H groups in total. The predicted octanol–water partition coefficient (Wildman–Crippen LogP) is 4.84. The van der Waals surface area contributed by atoms with Crippen LogP contribution in [0.3, 0.4) is 0 Å². The van der Waals surface area contributed by atoms with Crippen LogP contribution in [0.1, 0.15) is 83.3 Å². The SMILES string of the molecule is CN=C(NCCCCCCC(=O)OC(C)(C)C)NCc1nc(C(C)C)cs1.I. The number of aliphatic imine (C=N–C) groups is 1. The van der Waals surface area contributed by atoms with Crippen LogP contribution in [0, 0.1) is 0 Å². The molecule has 0 unspecified atom stereocenters. The Bertz CT molecular complexity index is 597. The van der Waals surface area contributed by atoms with E-state index in [-0.39, 0.29) is 29.9 Å². The van der Waals surface area contributed by atoms with Gasteiger partial charge in [-0.25, -0.2) is 4.98 Å². The molecule has 0 radical (unpaired) electrons. The molecule has 0 aliphatic heterocycles. The molecule has 1 aromatic heterocycles. The molecule has 6 nitrogen and oxygen atoms in total. The zero-order chi connectivity index (χ0) is 20.3. The summed E-state index contributed by atoms with van der Waals surface area (Å²) in [6, 6.07) is 0. The zero-order valence-corrected chi connectivity index (χ0v) is 21.3. The van der Waals surface area contributed by atoms with Crippen LogP contribution in [0.5, 0.6) is 0 Å². The Labute approximate surface area is 191 Å². The number of halogens is 1. The second-order valence-corrected chi connectivity index (χ2v) is 8.87.